The van der Waals surface area contributed by atoms with Crippen molar-refractivity contribution >= 4 is 18.0 Å². The lowest BCUT2D eigenvalue weighted by atomic mass is 9.76. The number of carboxylic acids is 1. The summed E-state index contributed by atoms with van der Waals surface area (Å²) in [5, 5.41) is 12.2. The van der Waals surface area contributed by atoms with Crippen LogP contribution in [0, 0.1) is 5.41 Å². The predicted molar refractivity (Wildman–Crippen MR) is 130 cm³/mol. The maximum absolute atomic E-state index is 13.1. The first kappa shape index (κ1) is 24.5. The van der Waals surface area contributed by atoms with Crippen LogP contribution < -0.4 is 5.32 Å². The van der Waals surface area contributed by atoms with E-state index in [9.17, 15) is 19.5 Å². The van der Waals surface area contributed by atoms with Gasteiger partial charge in [-0.3, -0.25) is 9.59 Å². The zero-order valence-electron chi connectivity index (χ0n) is 19.9. The molecule has 1 heterocycles. The second-order valence-electron chi connectivity index (χ2n) is 9.16. The molecule has 184 valence electrons. The number of nitrogens with zero attached hydrogens (tertiary/aromatic N) is 1. The summed E-state index contributed by atoms with van der Waals surface area (Å²) in [5.74, 6) is -1.48. The van der Waals surface area contributed by atoms with Gasteiger partial charge in [-0.1, -0.05) is 54.6 Å². The summed E-state index contributed by atoms with van der Waals surface area (Å²) in [6.45, 7) is 5.50. The van der Waals surface area contributed by atoms with Crippen LogP contribution >= 0.6 is 0 Å². The lowest BCUT2D eigenvalue weighted by molar-refractivity contribution is -0.167. The Kier molecular flexibility index (Phi) is 6.93. The van der Waals surface area contributed by atoms with E-state index in [2.05, 4.69) is 24.0 Å². The molecule has 1 saturated heterocycles. The Morgan fingerprint density at radius 2 is 1.71 bits per heavy atom. The van der Waals surface area contributed by atoms with Gasteiger partial charge in [-0.15, -0.1) is 6.58 Å². The number of allylic oxidation sites excluding steroid dienone is 1. The number of hydrogen-bond acceptors (Lipinski definition) is 5. The highest BCUT2D eigenvalue weighted by Crippen LogP contribution is 2.44. The van der Waals surface area contributed by atoms with Crippen molar-refractivity contribution in [3.8, 4) is 11.1 Å². The van der Waals surface area contributed by atoms with E-state index in [1.807, 2.05) is 36.4 Å². The molecule has 2 aromatic carbocycles. The molecule has 2 N–H and O–H groups in total. The van der Waals surface area contributed by atoms with Crippen LogP contribution in [0.3, 0.4) is 0 Å². The number of ether oxygens (including phenoxy) is 2. The van der Waals surface area contributed by atoms with Crippen LogP contribution in [0.2, 0.25) is 0 Å². The highest BCUT2D eigenvalue weighted by molar-refractivity contribution is 5.89. The fourth-order valence-electron chi connectivity index (χ4n) is 4.95. The number of hydrogen-bond donors (Lipinski definition) is 2. The van der Waals surface area contributed by atoms with Gasteiger partial charge in [0.05, 0.1) is 6.10 Å². The highest BCUT2D eigenvalue weighted by Gasteiger charge is 2.52. The van der Waals surface area contributed by atoms with Crippen LogP contribution in [-0.4, -0.2) is 66.9 Å². The number of alkyl carbamates (subject to hydrolysis) is 1. The molecular formula is C27H30N2O6. The average molecular weight is 479 g/mol. The number of carbonyl (C=O) groups is 3. The topological polar surface area (TPSA) is 105 Å². The number of likely N-dealkylation sites (tertiary alicyclic amines) is 1. The van der Waals surface area contributed by atoms with E-state index in [1.54, 1.807) is 13.0 Å². The second kappa shape index (κ2) is 9.92. The van der Waals surface area contributed by atoms with E-state index in [1.165, 1.54) is 12.0 Å². The van der Waals surface area contributed by atoms with Crippen LogP contribution in [0.1, 0.15) is 30.4 Å². The SMILES string of the molecule is C=CCC1(C(=O)O)CN(C(=O)C(NC(=O)OCC2c3ccccc3-c3ccccc32)C(C)OC)C1. The molecule has 1 fully saturated rings. The first-order chi connectivity index (χ1) is 16.8. The molecule has 2 atom stereocenters. The molecule has 0 aromatic heterocycles. The first-order valence-corrected chi connectivity index (χ1v) is 11.6. The van der Waals surface area contributed by atoms with Gasteiger partial charge in [0.2, 0.25) is 5.91 Å². The van der Waals surface area contributed by atoms with Crippen molar-refractivity contribution in [3.63, 3.8) is 0 Å². The zero-order valence-corrected chi connectivity index (χ0v) is 19.9. The maximum Gasteiger partial charge on any atom is 0.407 e. The molecule has 2 unspecified atom stereocenters. The summed E-state index contributed by atoms with van der Waals surface area (Å²) >= 11 is 0. The molecule has 2 aromatic rings. The van der Waals surface area contributed by atoms with E-state index in [0.29, 0.717) is 0 Å². The van der Waals surface area contributed by atoms with Gasteiger partial charge < -0.3 is 24.8 Å². The van der Waals surface area contributed by atoms with Gasteiger partial charge >= 0.3 is 12.1 Å². The molecular weight excluding hydrogens is 448 g/mol. The number of nitrogens with one attached hydrogen (secondary N) is 1. The third kappa shape index (κ3) is 4.53. The van der Waals surface area contributed by atoms with Crippen molar-refractivity contribution in [2.24, 2.45) is 5.41 Å². The molecule has 1 aliphatic carbocycles. The summed E-state index contributed by atoms with van der Waals surface area (Å²) in [6.07, 6.45) is 0.434. The zero-order chi connectivity index (χ0) is 25.2. The third-order valence-electron chi connectivity index (χ3n) is 7.01. The minimum atomic E-state index is -1.04. The molecule has 4 rings (SSSR count). The van der Waals surface area contributed by atoms with E-state index in [4.69, 9.17) is 9.47 Å². The minimum Gasteiger partial charge on any atom is -0.481 e. The quantitative estimate of drug-likeness (QED) is 0.535. The fraction of sp³-hybridized carbons (Fsp3) is 0.370. The Morgan fingerprint density at radius 3 is 2.23 bits per heavy atom. The van der Waals surface area contributed by atoms with Gasteiger partial charge in [-0.05, 0) is 35.6 Å². The monoisotopic (exact) mass is 478 g/mol. The van der Waals surface area contributed by atoms with Crippen LogP contribution in [0.4, 0.5) is 4.79 Å². The van der Waals surface area contributed by atoms with Gasteiger partial charge in [-0.2, -0.15) is 0 Å². The third-order valence-corrected chi connectivity index (χ3v) is 7.01. The first-order valence-electron chi connectivity index (χ1n) is 11.6. The predicted octanol–water partition coefficient (Wildman–Crippen LogP) is 3.42. The molecule has 0 bridgehead atoms. The van der Waals surface area contributed by atoms with Gasteiger partial charge in [0.1, 0.15) is 18.1 Å². The number of carboxylic acid groups (broad SMARTS) is 1. The Bertz CT molecular complexity index is 1090. The summed E-state index contributed by atoms with van der Waals surface area (Å²) < 4.78 is 10.9. The smallest absolute Gasteiger partial charge is 0.407 e. The van der Waals surface area contributed by atoms with Crippen molar-refractivity contribution in [2.75, 3.05) is 26.8 Å². The number of methoxy groups -OCH3 is 1. The molecule has 0 radical (unpaired) electrons. The minimum absolute atomic E-state index is 0.0481. The van der Waals surface area contributed by atoms with Crippen molar-refractivity contribution in [2.45, 2.75) is 31.4 Å². The molecule has 2 aliphatic rings. The fourth-order valence-corrected chi connectivity index (χ4v) is 4.95. The molecule has 0 saturated carbocycles. The lowest BCUT2D eigenvalue weighted by Gasteiger charge is -2.48. The number of fused-ring (bicyclic) bond motifs is 3. The Morgan fingerprint density at radius 1 is 1.14 bits per heavy atom. The average Bonchev–Trinajstić information content (AvgIpc) is 3.16. The lowest BCUT2D eigenvalue weighted by Crippen LogP contribution is -2.66. The highest BCUT2D eigenvalue weighted by atomic mass is 16.5. The summed E-state index contributed by atoms with van der Waals surface area (Å²) in [4.78, 5) is 39.0. The largest absolute Gasteiger partial charge is 0.481 e. The standard InChI is InChI=1S/C27H30N2O6/c1-4-13-27(25(31)32)15-29(16-27)24(30)23(17(2)34-3)28-26(33)35-14-22-20-11-7-5-9-18(20)19-10-6-8-12-21(19)22/h4-12,17,22-23H,1,13-16H2,2-3H3,(H,28,33)(H,31,32). The normalized spacial score (nSPS) is 17.4. The van der Waals surface area contributed by atoms with E-state index in [0.717, 1.165) is 22.3 Å². The van der Waals surface area contributed by atoms with E-state index in [-0.39, 0.29) is 32.0 Å². The van der Waals surface area contributed by atoms with Crippen LogP contribution in [0.15, 0.2) is 61.2 Å². The molecule has 35 heavy (non-hydrogen) atoms. The van der Waals surface area contributed by atoms with Crippen molar-refractivity contribution in [3.05, 3.63) is 72.3 Å². The maximum atomic E-state index is 13.1. The summed E-state index contributed by atoms with van der Waals surface area (Å²) in [6, 6.07) is 15.1. The van der Waals surface area contributed by atoms with Crippen molar-refractivity contribution < 1.29 is 29.0 Å². The molecule has 0 spiro atoms. The van der Waals surface area contributed by atoms with E-state index < -0.39 is 35.5 Å². The van der Waals surface area contributed by atoms with Gasteiger partial charge in [0.15, 0.2) is 0 Å². The Labute approximate surface area is 204 Å². The van der Waals surface area contributed by atoms with E-state index >= 15 is 0 Å². The van der Waals surface area contributed by atoms with Crippen LogP contribution in [0.5, 0.6) is 0 Å². The second-order valence-corrected chi connectivity index (χ2v) is 9.16. The number of carbonyl (C=O) groups excluding carboxylic acids is 2. The van der Waals surface area contributed by atoms with Crippen LogP contribution in [-0.2, 0) is 19.1 Å². The van der Waals surface area contributed by atoms with Gasteiger partial charge in [-0.25, -0.2) is 4.79 Å². The number of aliphatic carboxylic acids is 1. The molecule has 1 aliphatic heterocycles. The van der Waals surface area contributed by atoms with Gasteiger partial charge in [0, 0.05) is 26.1 Å². The molecule has 8 heteroatoms. The molecule has 8 nitrogen and oxygen atoms in total. The van der Waals surface area contributed by atoms with Gasteiger partial charge in [0.25, 0.3) is 0 Å². The Balaban J connectivity index is 1.42. The summed E-state index contributed by atoms with van der Waals surface area (Å²) in [7, 11) is 1.44. The number of rotatable bonds is 9. The molecule has 2 amide bonds. The van der Waals surface area contributed by atoms with Crippen molar-refractivity contribution in [1.29, 1.82) is 0 Å². The number of amides is 2. The number of benzene rings is 2. The van der Waals surface area contributed by atoms with Crippen molar-refractivity contribution in [1.82, 2.24) is 10.2 Å². The Hall–Kier alpha value is -3.65. The van der Waals surface area contributed by atoms with Crippen LogP contribution in [0.25, 0.3) is 11.1 Å². The summed E-state index contributed by atoms with van der Waals surface area (Å²) in [5.41, 5.74) is 3.39.